The fraction of sp³-hybridized carbons (Fsp3) is 0.0833. The first-order valence-electron chi connectivity index (χ1n) is 5.02. The van der Waals surface area contributed by atoms with Crippen LogP contribution in [-0.2, 0) is 33.8 Å². The van der Waals surface area contributed by atoms with Gasteiger partial charge in [0.2, 0.25) is 0 Å². The molecule has 0 aromatic heterocycles. The van der Waals surface area contributed by atoms with Gasteiger partial charge in [0.05, 0.1) is 0 Å². The number of hydrogen-bond donors (Lipinski definition) is 0. The average molecular weight is 472 g/mol. The second-order valence-electron chi connectivity index (χ2n) is 3.59. The fourth-order valence-corrected chi connectivity index (χ4v) is 2.31. The molecule has 1 aliphatic heterocycles. The maximum absolute atomic E-state index is 11.9. The van der Waals surface area contributed by atoms with Crippen molar-refractivity contribution in [3.8, 4) is 0 Å². The van der Waals surface area contributed by atoms with Gasteiger partial charge in [-0.2, -0.15) is 8.42 Å². The van der Waals surface area contributed by atoms with Crippen LogP contribution < -0.4 is 22.3 Å². The van der Waals surface area contributed by atoms with Crippen molar-refractivity contribution in [1.29, 1.82) is 0 Å². The number of nitrogens with zero attached hydrogens (tertiary/aromatic N) is 1. The van der Waals surface area contributed by atoms with Gasteiger partial charge >= 0.3 is 10.1 Å². The van der Waals surface area contributed by atoms with Crippen LogP contribution in [0.5, 0.6) is 0 Å². The minimum absolute atomic E-state index is 0. The summed E-state index contributed by atoms with van der Waals surface area (Å²) in [4.78, 5) is 0.0891. The first kappa shape index (κ1) is 19.6. The average Bonchev–Trinajstić information content (AvgIpc) is 2.32. The predicted molar refractivity (Wildman–Crippen MR) is 70.2 cm³/mol. The van der Waals surface area contributed by atoms with Crippen LogP contribution in [0.4, 0.5) is 0 Å². The number of aryl methyl sites for hydroxylation is 1. The van der Waals surface area contributed by atoms with Gasteiger partial charge in [-0.15, -0.1) is 0 Å². The van der Waals surface area contributed by atoms with Crippen LogP contribution in [0.3, 0.4) is 0 Å². The zero-order valence-electron chi connectivity index (χ0n) is 10.5. The molecule has 1 radical (unpaired) electrons. The van der Waals surface area contributed by atoms with Crippen LogP contribution in [0.1, 0.15) is 5.56 Å². The Balaban J connectivity index is 0.00000180. The van der Waals surface area contributed by atoms with Gasteiger partial charge in [-0.25, -0.2) is 5.32 Å². The van der Waals surface area contributed by atoms with Gasteiger partial charge in [0.15, 0.2) is 0 Å². The predicted octanol–water partition coefficient (Wildman–Crippen LogP) is -0.447. The molecule has 0 atom stereocenters. The number of hydrogen-bond acceptors (Lipinski definition) is 3. The number of rotatable bonds is 3. The van der Waals surface area contributed by atoms with E-state index in [9.17, 15) is 8.42 Å². The molecule has 0 saturated heterocycles. The summed E-state index contributed by atoms with van der Waals surface area (Å²) in [5.74, 6) is -0.0845. The Morgan fingerprint density at radius 2 is 1.85 bits per heavy atom. The molecule has 4 nitrogen and oxygen atoms in total. The molecule has 2 rings (SSSR count). The second kappa shape index (κ2) is 8.15. The van der Waals surface area contributed by atoms with Crippen LogP contribution in [0.25, 0.3) is 0 Å². The largest absolute Gasteiger partial charge is 1.00 e. The van der Waals surface area contributed by atoms with E-state index >= 15 is 0 Å². The van der Waals surface area contributed by atoms with E-state index in [2.05, 4.69) is 27.0 Å². The monoisotopic (exact) mass is 469 g/mol. The molecule has 0 bridgehead atoms. The molecule has 0 unspecified atom stereocenters. The SMILES string of the molecule is Cc1ccc(S(=O)(=O)OC2=C=CC(Br)=C[N]2)cc1.[Br-].[Zn]. The van der Waals surface area contributed by atoms with Crippen LogP contribution in [0, 0.1) is 6.92 Å². The molecule has 103 valence electrons. The molecule has 1 aromatic rings. The van der Waals surface area contributed by atoms with Crippen LogP contribution in [-0.4, -0.2) is 8.42 Å². The van der Waals surface area contributed by atoms with Gasteiger partial charge in [-0.1, -0.05) is 23.4 Å². The molecule has 20 heavy (non-hydrogen) atoms. The molecular weight excluding hydrogens is 463 g/mol. The molecule has 0 N–H and O–H groups in total. The number of halogens is 2. The maximum Gasteiger partial charge on any atom is 0.341 e. The summed E-state index contributed by atoms with van der Waals surface area (Å²) in [6.07, 6.45) is 2.98. The Morgan fingerprint density at radius 1 is 1.25 bits per heavy atom. The first-order valence-corrected chi connectivity index (χ1v) is 7.22. The molecule has 1 heterocycles. The van der Waals surface area contributed by atoms with E-state index in [1.807, 2.05) is 6.92 Å². The Bertz CT molecular complexity index is 662. The molecule has 8 heteroatoms. The third-order valence-corrected chi connectivity index (χ3v) is 3.80. The van der Waals surface area contributed by atoms with Crippen molar-refractivity contribution in [1.82, 2.24) is 5.32 Å². The van der Waals surface area contributed by atoms with Gasteiger partial charge in [-0.05, 0) is 35.0 Å². The van der Waals surface area contributed by atoms with Crippen molar-refractivity contribution in [2.75, 3.05) is 0 Å². The topological polar surface area (TPSA) is 57.5 Å². The molecule has 0 amide bonds. The van der Waals surface area contributed by atoms with Crippen molar-refractivity contribution in [2.45, 2.75) is 11.8 Å². The van der Waals surface area contributed by atoms with Gasteiger partial charge < -0.3 is 21.2 Å². The van der Waals surface area contributed by atoms with E-state index in [4.69, 9.17) is 4.18 Å². The summed E-state index contributed by atoms with van der Waals surface area (Å²) < 4.78 is 29.4. The van der Waals surface area contributed by atoms with E-state index in [0.29, 0.717) is 4.48 Å². The summed E-state index contributed by atoms with van der Waals surface area (Å²) in [6.45, 7) is 1.88. The van der Waals surface area contributed by atoms with Crippen LogP contribution in [0.15, 0.2) is 57.5 Å². The Kier molecular flexibility index (Phi) is 8.00. The van der Waals surface area contributed by atoms with E-state index in [1.54, 1.807) is 12.1 Å². The third-order valence-electron chi connectivity index (χ3n) is 2.14. The summed E-state index contributed by atoms with van der Waals surface area (Å²) >= 11 is 3.18. The van der Waals surface area contributed by atoms with E-state index in [-0.39, 0.29) is 47.2 Å². The zero-order chi connectivity index (χ0) is 13.2. The fourth-order valence-electron chi connectivity index (χ4n) is 1.23. The first-order chi connectivity index (χ1) is 8.47. The minimum atomic E-state index is -3.85. The molecule has 0 aliphatic carbocycles. The molecular formula is C12H9Br2NO3SZn-. The number of benzene rings is 1. The quantitative estimate of drug-likeness (QED) is 0.340. The summed E-state index contributed by atoms with van der Waals surface area (Å²) in [5.41, 5.74) is 3.59. The maximum atomic E-state index is 11.9. The molecule has 0 saturated carbocycles. The summed E-state index contributed by atoms with van der Waals surface area (Å²) in [7, 11) is -3.85. The van der Waals surface area contributed by atoms with Crippen molar-refractivity contribution >= 4 is 26.0 Å². The van der Waals surface area contributed by atoms with E-state index in [1.165, 1.54) is 24.4 Å². The van der Waals surface area contributed by atoms with Crippen LogP contribution >= 0.6 is 15.9 Å². The Labute approximate surface area is 149 Å². The standard InChI is InChI=1S/C12H9BrNO3S.BrH.Zn/c1-9-2-5-11(6-3-9)18(15,16)17-12-7-4-10(13)8-14-12;;/h2-6,8H,1H3;1H;/p-1. The van der Waals surface area contributed by atoms with E-state index < -0.39 is 10.1 Å². The third kappa shape index (κ3) is 5.19. The van der Waals surface area contributed by atoms with Gasteiger partial charge in [0.1, 0.15) is 4.90 Å². The second-order valence-corrected chi connectivity index (χ2v) is 6.05. The minimum Gasteiger partial charge on any atom is -1.00 e. The van der Waals surface area contributed by atoms with Crippen molar-refractivity contribution < 1.29 is 49.1 Å². The van der Waals surface area contributed by atoms with Gasteiger partial charge in [0.25, 0.3) is 5.88 Å². The number of allylic oxidation sites excluding steroid dienone is 2. The van der Waals surface area contributed by atoms with Crippen molar-refractivity contribution in [2.24, 2.45) is 0 Å². The Morgan fingerprint density at radius 3 is 2.35 bits per heavy atom. The molecule has 0 fully saturated rings. The van der Waals surface area contributed by atoms with Crippen molar-refractivity contribution in [3.63, 3.8) is 0 Å². The zero-order valence-corrected chi connectivity index (χ0v) is 17.5. The van der Waals surface area contributed by atoms with Crippen molar-refractivity contribution in [3.05, 3.63) is 58.2 Å². The van der Waals surface area contributed by atoms with Gasteiger partial charge in [0, 0.05) is 36.2 Å². The van der Waals surface area contributed by atoms with Crippen LogP contribution in [0.2, 0.25) is 0 Å². The molecule has 0 spiro atoms. The van der Waals surface area contributed by atoms with Gasteiger partial charge in [-0.3, -0.25) is 0 Å². The summed E-state index contributed by atoms with van der Waals surface area (Å²) in [6, 6.07) is 6.39. The molecule has 1 aromatic carbocycles. The Hall–Kier alpha value is -0.387. The van der Waals surface area contributed by atoms with E-state index in [0.717, 1.165) is 5.56 Å². The normalized spacial score (nSPS) is 13.1. The molecule has 1 aliphatic rings. The summed E-state index contributed by atoms with van der Waals surface area (Å²) in [5, 5.41) is 3.80. The smallest absolute Gasteiger partial charge is 0.341 e.